The molecule has 5 nitrogen and oxygen atoms in total. The maximum atomic E-state index is 12.7. The molecule has 0 atom stereocenters. The van der Waals surface area contributed by atoms with E-state index in [1.54, 1.807) is 18.3 Å². The molecule has 2 aromatic rings. The van der Waals surface area contributed by atoms with E-state index in [-0.39, 0.29) is 5.91 Å². The Bertz CT molecular complexity index is 682. The number of benzene rings is 1. The summed E-state index contributed by atoms with van der Waals surface area (Å²) >= 11 is 0. The maximum Gasteiger partial charge on any atom is 0.272 e. The smallest absolute Gasteiger partial charge is 0.272 e. The Morgan fingerprint density at radius 2 is 1.96 bits per heavy atom. The fourth-order valence-corrected chi connectivity index (χ4v) is 3.07. The van der Waals surface area contributed by atoms with Gasteiger partial charge in [0, 0.05) is 25.4 Å². The van der Waals surface area contributed by atoms with Crippen molar-refractivity contribution in [2.75, 3.05) is 26.2 Å². The molecule has 3 rings (SSSR count). The van der Waals surface area contributed by atoms with Gasteiger partial charge in [-0.15, -0.1) is 0 Å². The highest BCUT2D eigenvalue weighted by atomic mass is 16.5. The summed E-state index contributed by atoms with van der Waals surface area (Å²) in [5.74, 6) is 2.02. The van der Waals surface area contributed by atoms with Crippen LogP contribution in [0.4, 0.5) is 0 Å². The Labute approximate surface area is 149 Å². The van der Waals surface area contributed by atoms with Crippen molar-refractivity contribution in [1.82, 2.24) is 15.2 Å². The summed E-state index contributed by atoms with van der Waals surface area (Å²) in [6.07, 6.45) is 3.71. The van der Waals surface area contributed by atoms with E-state index < -0.39 is 0 Å². The van der Waals surface area contributed by atoms with Gasteiger partial charge in [0.2, 0.25) is 0 Å². The van der Waals surface area contributed by atoms with Crippen LogP contribution in [-0.4, -0.2) is 42.0 Å². The number of carbonyl (C=O) groups excluding carboxylic acids is 1. The molecule has 1 amide bonds. The van der Waals surface area contributed by atoms with Gasteiger partial charge in [0.15, 0.2) is 0 Å². The Hall–Kier alpha value is -2.40. The number of para-hydroxylation sites is 1. The summed E-state index contributed by atoms with van der Waals surface area (Å²) in [5, 5.41) is 3.39. The third-order valence-electron chi connectivity index (χ3n) is 4.51. The maximum absolute atomic E-state index is 12.7. The van der Waals surface area contributed by atoms with Gasteiger partial charge < -0.3 is 15.0 Å². The lowest BCUT2D eigenvalue weighted by Gasteiger charge is -2.32. The van der Waals surface area contributed by atoms with E-state index in [1.165, 1.54) is 0 Å². The van der Waals surface area contributed by atoms with Crippen molar-refractivity contribution in [3.63, 3.8) is 0 Å². The first-order chi connectivity index (χ1) is 12.3. The summed E-state index contributed by atoms with van der Waals surface area (Å²) in [6, 6.07) is 13.0. The molecule has 1 aromatic carbocycles. The number of likely N-dealkylation sites (tertiary alicyclic amines) is 1. The highest BCUT2D eigenvalue weighted by molar-refractivity contribution is 5.92. The second-order valence-corrected chi connectivity index (χ2v) is 6.34. The number of amides is 1. The predicted octanol–water partition coefficient (Wildman–Crippen LogP) is 3.34. The van der Waals surface area contributed by atoms with E-state index >= 15 is 0 Å². The molecule has 1 aliphatic rings. The van der Waals surface area contributed by atoms with Gasteiger partial charge >= 0.3 is 0 Å². The van der Waals surface area contributed by atoms with Crippen LogP contribution in [0.15, 0.2) is 48.7 Å². The van der Waals surface area contributed by atoms with Crippen LogP contribution >= 0.6 is 0 Å². The quantitative estimate of drug-likeness (QED) is 0.877. The summed E-state index contributed by atoms with van der Waals surface area (Å²) < 4.78 is 5.80. The molecule has 0 bridgehead atoms. The van der Waals surface area contributed by atoms with Crippen molar-refractivity contribution in [1.29, 1.82) is 0 Å². The number of hydrogen-bond donors (Lipinski definition) is 1. The third-order valence-corrected chi connectivity index (χ3v) is 4.51. The number of rotatable bonds is 6. The van der Waals surface area contributed by atoms with Gasteiger partial charge in [-0.1, -0.05) is 25.1 Å². The lowest BCUT2D eigenvalue weighted by Crippen LogP contribution is -2.41. The Morgan fingerprint density at radius 1 is 1.20 bits per heavy atom. The van der Waals surface area contributed by atoms with Crippen LogP contribution in [0.25, 0.3) is 0 Å². The number of hydrogen-bond acceptors (Lipinski definition) is 4. The first kappa shape index (κ1) is 17.4. The van der Waals surface area contributed by atoms with Crippen LogP contribution in [0.2, 0.25) is 0 Å². The monoisotopic (exact) mass is 339 g/mol. The van der Waals surface area contributed by atoms with Crippen LogP contribution < -0.4 is 10.1 Å². The van der Waals surface area contributed by atoms with E-state index in [0.29, 0.717) is 17.4 Å². The number of ether oxygens (including phenoxy) is 1. The van der Waals surface area contributed by atoms with Crippen molar-refractivity contribution < 1.29 is 9.53 Å². The largest absolute Gasteiger partial charge is 0.457 e. The molecule has 0 spiro atoms. The van der Waals surface area contributed by atoms with Gasteiger partial charge in [-0.25, -0.2) is 0 Å². The second-order valence-electron chi connectivity index (χ2n) is 6.34. The van der Waals surface area contributed by atoms with E-state index in [1.807, 2.05) is 35.2 Å². The van der Waals surface area contributed by atoms with E-state index in [9.17, 15) is 4.79 Å². The Morgan fingerprint density at radius 3 is 2.68 bits per heavy atom. The molecular weight excluding hydrogens is 314 g/mol. The van der Waals surface area contributed by atoms with Gasteiger partial charge in [-0.3, -0.25) is 9.78 Å². The summed E-state index contributed by atoms with van der Waals surface area (Å²) in [4.78, 5) is 18.9. The number of nitrogens with one attached hydrogen (secondary N) is 1. The van der Waals surface area contributed by atoms with Crippen molar-refractivity contribution in [2.24, 2.45) is 5.92 Å². The molecule has 1 aromatic heterocycles. The first-order valence-corrected chi connectivity index (χ1v) is 8.95. The highest BCUT2D eigenvalue weighted by Gasteiger charge is 2.24. The van der Waals surface area contributed by atoms with Crippen molar-refractivity contribution >= 4 is 5.91 Å². The topological polar surface area (TPSA) is 54.5 Å². The molecule has 0 aliphatic carbocycles. The average molecular weight is 339 g/mol. The molecule has 25 heavy (non-hydrogen) atoms. The lowest BCUT2D eigenvalue weighted by atomic mass is 9.96. The summed E-state index contributed by atoms with van der Waals surface area (Å²) in [6.45, 7) is 5.74. The molecule has 1 N–H and O–H groups in total. The summed E-state index contributed by atoms with van der Waals surface area (Å²) in [7, 11) is 0. The van der Waals surface area contributed by atoms with Gasteiger partial charge in [-0.05, 0) is 50.0 Å². The molecule has 132 valence electrons. The van der Waals surface area contributed by atoms with Crippen LogP contribution in [0, 0.1) is 5.92 Å². The molecular formula is C20H25N3O2. The lowest BCUT2D eigenvalue weighted by molar-refractivity contribution is 0.0684. The summed E-state index contributed by atoms with van der Waals surface area (Å²) in [5.41, 5.74) is 0.443. The van der Waals surface area contributed by atoms with E-state index in [2.05, 4.69) is 17.2 Å². The third kappa shape index (κ3) is 4.79. The fourth-order valence-electron chi connectivity index (χ4n) is 3.07. The SMILES string of the molecule is CCNCC1CCN(C(=O)c2cc(Oc3ccccc3)ccn2)CC1. The zero-order valence-corrected chi connectivity index (χ0v) is 14.6. The number of carbonyl (C=O) groups is 1. The fraction of sp³-hybridized carbons (Fsp3) is 0.400. The zero-order valence-electron chi connectivity index (χ0n) is 14.6. The van der Waals surface area contributed by atoms with Gasteiger partial charge in [-0.2, -0.15) is 0 Å². The minimum absolute atomic E-state index is 0.0135. The van der Waals surface area contributed by atoms with Crippen LogP contribution in [0.1, 0.15) is 30.3 Å². The van der Waals surface area contributed by atoms with Crippen LogP contribution in [-0.2, 0) is 0 Å². The molecule has 1 fully saturated rings. The molecule has 5 heteroatoms. The molecule has 0 unspecified atom stereocenters. The van der Waals surface area contributed by atoms with Crippen LogP contribution in [0.5, 0.6) is 11.5 Å². The van der Waals surface area contributed by atoms with Crippen molar-refractivity contribution in [2.45, 2.75) is 19.8 Å². The predicted molar refractivity (Wildman–Crippen MR) is 97.9 cm³/mol. The van der Waals surface area contributed by atoms with Crippen LogP contribution in [0.3, 0.4) is 0 Å². The first-order valence-electron chi connectivity index (χ1n) is 8.95. The number of pyridine rings is 1. The average Bonchev–Trinajstić information content (AvgIpc) is 2.67. The molecule has 0 radical (unpaired) electrons. The Kier molecular flexibility index (Phi) is 6.01. The molecule has 2 heterocycles. The minimum Gasteiger partial charge on any atom is -0.457 e. The van der Waals surface area contributed by atoms with E-state index in [0.717, 1.165) is 44.8 Å². The number of aromatic nitrogens is 1. The van der Waals surface area contributed by atoms with Crippen molar-refractivity contribution in [3.05, 3.63) is 54.4 Å². The Balaban J connectivity index is 1.60. The molecule has 0 saturated carbocycles. The zero-order chi connectivity index (χ0) is 17.5. The van der Waals surface area contributed by atoms with Gasteiger partial charge in [0.1, 0.15) is 17.2 Å². The standard InChI is InChI=1S/C20H25N3O2/c1-2-21-15-16-9-12-23(13-10-16)20(24)19-14-18(8-11-22-19)25-17-6-4-3-5-7-17/h3-8,11,14,16,21H,2,9-10,12-13,15H2,1H3. The van der Waals surface area contributed by atoms with E-state index in [4.69, 9.17) is 4.74 Å². The number of nitrogens with zero attached hydrogens (tertiary/aromatic N) is 2. The molecule has 1 saturated heterocycles. The second kappa shape index (κ2) is 8.62. The highest BCUT2D eigenvalue weighted by Crippen LogP contribution is 2.23. The van der Waals surface area contributed by atoms with Gasteiger partial charge in [0.05, 0.1) is 0 Å². The normalized spacial score (nSPS) is 15.2. The molecule has 1 aliphatic heterocycles. The van der Waals surface area contributed by atoms with Crippen molar-refractivity contribution in [3.8, 4) is 11.5 Å². The van der Waals surface area contributed by atoms with Gasteiger partial charge in [0.25, 0.3) is 5.91 Å². The minimum atomic E-state index is -0.0135. The number of piperidine rings is 1.